The van der Waals surface area contributed by atoms with Gasteiger partial charge in [0.1, 0.15) is 0 Å². The van der Waals surface area contributed by atoms with E-state index in [9.17, 15) is 13.8 Å². The highest BCUT2D eigenvalue weighted by atomic mass is 32.2. The van der Waals surface area contributed by atoms with E-state index in [0.29, 0.717) is 26.5 Å². The third-order valence-electron chi connectivity index (χ3n) is 3.20. The maximum Gasteiger partial charge on any atom is 0.307 e. The van der Waals surface area contributed by atoms with Crippen LogP contribution in [0.5, 0.6) is 0 Å². The molecule has 100 valence electrons. The van der Waals surface area contributed by atoms with Crippen LogP contribution in [0.25, 0.3) is 0 Å². The van der Waals surface area contributed by atoms with Gasteiger partial charge in [-0.2, -0.15) is 0 Å². The fourth-order valence-corrected chi connectivity index (χ4v) is 3.88. The van der Waals surface area contributed by atoms with E-state index in [1.807, 2.05) is 0 Å². The topological polar surface area (TPSA) is 71.4 Å². The molecule has 1 unspecified atom stereocenters. The molecular formula is C15H10O4S. The fraction of sp³-hybridized carbons (Fsp3) is 0.0667. The summed E-state index contributed by atoms with van der Waals surface area (Å²) in [6.45, 7) is 0. The van der Waals surface area contributed by atoms with Crippen LogP contribution in [0.2, 0.25) is 0 Å². The molecule has 0 aliphatic carbocycles. The van der Waals surface area contributed by atoms with Gasteiger partial charge in [0, 0.05) is 11.1 Å². The Balaban J connectivity index is 2.25. The molecular weight excluding hydrogens is 276 g/mol. The largest absolute Gasteiger partial charge is 0.481 e. The van der Waals surface area contributed by atoms with Gasteiger partial charge in [-0.3, -0.25) is 9.59 Å². The number of carbonyl (C=O) groups excluding carboxylic acids is 1. The molecule has 3 rings (SSSR count). The molecule has 0 aromatic heterocycles. The van der Waals surface area contributed by atoms with Crippen molar-refractivity contribution < 1.29 is 18.9 Å². The highest BCUT2D eigenvalue weighted by molar-refractivity contribution is 7.85. The number of ketones is 1. The molecule has 0 radical (unpaired) electrons. The minimum absolute atomic E-state index is 0.206. The Kier molecular flexibility index (Phi) is 2.99. The van der Waals surface area contributed by atoms with Gasteiger partial charge in [-0.1, -0.05) is 24.3 Å². The number of aliphatic carboxylic acids is 1. The highest BCUT2D eigenvalue weighted by Gasteiger charge is 2.30. The van der Waals surface area contributed by atoms with Crippen molar-refractivity contribution in [3.63, 3.8) is 0 Å². The fourth-order valence-electron chi connectivity index (χ4n) is 2.36. The quantitative estimate of drug-likeness (QED) is 0.782. The molecule has 5 heteroatoms. The summed E-state index contributed by atoms with van der Waals surface area (Å²) in [4.78, 5) is 24.1. The number of hydrogen-bond donors (Lipinski definition) is 1. The van der Waals surface area contributed by atoms with E-state index in [2.05, 4.69) is 0 Å². The Morgan fingerprint density at radius 1 is 1.05 bits per heavy atom. The van der Waals surface area contributed by atoms with Crippen LogP contribution in [0, 0.1) is 0 Å². The number of fused-ring (bicyclic) bond motifs is 2. The van der Waals surface area contributed by atoms with Gasteiger partial charge in [0.05, 0.1) is 27.0 Å². The van der Waals surface area contributed by atoms with E-state index in [4.69, 9.17) is 5.11 Å². The normalized spacial score (nSPS) is 16.4. The van der Waals surface area contributed by atoms with Crippen LogP contribution in [0.4, 0.5) is 0 Å². The van der Waals surface area contributed by atoms with Crippen molar-refractivity contribution in [2.24, 2.45) is 0 Å². The molecule has 2 aromatic rings. The van der Waals surface area contributed by atoms with Gasteiger partial charge in [0.25, 0.3) is 0 Å². The molecule has 0 amide bonds. The first-order chi connectivity index (χ1) is 9.59. The Hall–Kier alpha value is -2.27. The van der Waals surface area contributed by atoms with Crippen molar-refractivity contribution in [1.82, 2.24) is 0 Å². The number of benzene rings is 2. The summed E-state index contributed by atoms with van der Waals surface area (Å²) in [7, 11) is -1.52. The van der Waals surface area contributed by atoms with Crippen LogP contribution >= 0.6 is 0 Å². The Labute approximate surface area is 117 Å². The first-order valence-electron chi connectivity index (χ1n) is 5.99. The maximum atomic E-state index is 12.6. The molecule has 1 N–H and O–H groups in total. The van der Waals surface area contributed by atoms with Crippen molar-refractivity contribution >= 4 is 22.6 Å². The van der Waals surface area contributed by atoms with Crippen LogP contribution in [0.1, 0.15) is 21.5 Å². The monoisotopic (exact) mass is 286 g/mol. The zero-order chi connectivity index (χ0) is 14.3. The van der Waals surface area contributed by atoms with E-state index >= 15 is 0 Å². The summed E-state index contributed by atoms with van der Waals surface area (Å²) in [5.74, 6) is -1.22. The van der Waals surface area contributed by atoms with Crippen molar-refractivity contribution in [1.29, 1.82) is 0 Å². The zero-order valence-corrected chi connectivity index (χ0v) is 11.1. The Morgan fingerprint density at radius 2 is 1.75 bits per heavy atom. The standard InChI is InChI=1S/C15H10O4S/c16-13(17)8-9-4-3-6-11-14(18)10-5-1-2-7-12(10)20(19)15(9)11/h1-7H,8H2,(H,16,17). The van der Waals surface area contributed by atoms with Gasteiger partial charge < -0.3 is 5.11 Å². The van der Waals surface area contributed by atoms with Gasteiger partial charge in [0.2, 0.25) is 0 Å². The molecule has 0 spiro atoms. The SMILES string of the molecule is O=C(O)Cc1cccc2c1S(=O)c1ccccc1C2=O. The number of carboxylic acid groups (broad SMARTS) is 1. The zero-order valence-electron chi connectivity index (χ0n) is 10.3. The first kappa shape index (κ1) is 12.7. The number of carbonyl (C=O) groups is 2. The van der Waals surface area contributed by atoms with Gasteiger partial charge in [-0.15, -0.1) is 0 Å². The van der Waals surface area contributed by atoms with Crippen LogP contribution in [0.15, 0.2) is 52.3 Å². The molecule has 0 bridgehead atoms. The Bertz CT molecular complexity index is 764. The number of hydrogen-bond acceptors (Lipinski definition) is 3. The lowest BCUT2D eigenvalue weighted by atomic mass is 9.99. The van der Waals surface area contributed by atoms with E-state index in [-0.39, 0.29) is 12.2 Å². The van der Waals surface area contributed by atoms with Gasteiger partial charge in [-0.05, 0) is 23.8 Å². The molecule has 2 aromatic carbocycles. The van der Waals surface area contributed by atoms with E-state index in [1.54, 1.807) is 42.5 Å². The predicted octanol–water partition coefficient (Wildman–Crippen LogP) is 2.02. The molecule has 0 fully saturated rings. The summed E-state index contributed by atoms with van der Waals surface area (Å²) in [5.41, 5.74) is 1.18. The first-order valence-corrected chi connectivity index (χ1v) is 7.14. The second kappa shape index (κ2) is 4.68. The van der Waals surface area contributed by atoms with Gasteiger partial charge >= 0.3 is 5.97 Å². The molecule has 1 heterocycles. The van der Waals surface area contributed by atoms with Crippen molar-refractivity contribution in [3.8, 4) is 0 Å². The van der Waals surface area contributed by atoms with Crippen LogP contribution in [0.3, 0.4) is 0 Å². The van der Waals surface area contributed by atoms with E-state index < -0.39 is 16.8 Å². The maximum absolute atomic E-state index is 12.6. The second-order valence-electron chi connectivity index (χ2n) is 4.46. The lowest BCUT2D eigenvalue weighted by Crippen LogP contribution is -2.18. The van der Waals surface area contributed by atoms with Crippen molar-refractivity contribution in [2.75, 3.05) is 0 Å². The third kappa shape index (κ3) is 1.87. The van der Waals surface area contributed by atoms with Gasteiger partial charge in [0.15, 0.2) is 5.78 Å². The second-order valence-corrected chi connectivity index (χ2v) is 5.84. The molecule has 20 heavy (non-hydrogen) atoms. The minimum Gasteiger partial charge on any atom is -0.481 e. The van der Waals surface area contributed by atoms with Crippen LogP contribution < -0.4 is 0 Å². The summed E-state index contributed by atoms with van der Waals surface area (Å²) < 4.78 is 12.6. The number of rotatable bonds is 2. The van der Waals surface area contributed by atoms with Crippen LogP contribution in [-0.2, 0) is 22.0 Å². The molecule has 0 saturated carbocycles. The molecule has 0 saturated heterocycles. The lowest BCUT2D eigenvalue weighted by Gasteiger charge is -2.19. The predicted molar refractivity (Wildman–Crippen MR) is 72.3 cm³/mol. The van der Waals surface area contributed by atoms with E-state index in [1.165, 1.54) is 0 Å². The average Bonchev–Trinajstić information content (AvgIpc) is 2.44. The summed E-state index contributed by atoms with van der Waals surface area (Å²) >= 11 is 0. The smallest absolute Gasteiger partial charge is 0.307 e. The van der Waals surface area contributed by atoms with Gasteiger partial charge in [-0.25, -0.2) is 4.21 Å². The molecule has 4 nitrogen and oxygen atoms in total. The van der Waals surface area contributed by atoms with Crippen LogP contribution in [-0.4, -0.2) is 21.1 Å². The summed E-state index contributed by atoms with van der Waals surface area (Å²) in [6, 6.07) is 11.5. The lowest BCUT2D eigenvalue weighted by molar-refractivity contribution is -0.136. The summed E-state index contributed by atoms with van der Waals surface area (Å²) in [5, 5.41) is 8.93. The molecule has 1 aliphatic heterocycles. The van der Waals surface area contributed by atoms with E-state index in [0.717, 1.165) is 0 Å². The summed E-state index contributed by atoms with van der Waals surface area (Å²) in [6.07, 6.45) is -0.246. The molecule has 1 aliphatic rings. The average molecular weight is 286 g/mol. The third-order valence-corrected chi connectivity index (χ3v) is 4.81. The molecule has 1 atom stereocenters. The van der Waals surface area contributed by atoms with Crippen molar-refractivity contribution in [2.45, 2.75) is 16.2 Å². The highest BCUT2D eigenvalue weighted by Crippen LogP contribution is 2.33. The minimum atomic E-state index is -1.52. The Morgan fingerprint density at radius 3 is 2.50 bits per heavy atom. The van der Waals surface area contributed by atoms with Crippen molar-refractivity contribution in [3.05, 3.63) is 59.2 Å². The number of carboxylic acids is 1.